The van der Waals surface area contributed by atoms with Crippen molar-refractivity contribution >= 4 is 21.6 Å². The normalized spacial score (nSPS) is 12.1. The molecule has 8 nitrogen and oxygen atoms in total. The van der Waals surface area contributed by atoms with E-state index in [0.717, 1.165) is 4.09 Å². The van der Waals surface area contributed by atoms with Crippen molar-refractivity contribution < 1.29 is 8.42 Å². The van der Waals surface area contributed by atoms with Crippen molar-refractivity contribution in [1.82, 2.24) is 23.8 Å². The molecule has 0 aromatic carbocycles. The van der Waals surface area contributed by atoms with E-state index < -0.39 is 10.0 Å². The molecule has 3 rings (SSSR count). The molecule has 0 radical (unpaired) electrons. The monoisotopic (exact) mass is 292 g/mol. The second kappa shape index (κ2) is 4.30. The van der Waals surface area contributed by atoms with Crippen molar-refractivity contribution in [3.63, 3.8) is 0 Å². The summed E-state index contributed by atoms with van der Waals surface area (Å²) in [4.78, 5) is 4.06. The summed E-state index contributed by atoms with van der Waals surface area (Å²) in [5, 5.41) is 7.96. The SMILES string of the molecule is CCS(=O)(=O)n1cc(-c2cccc3nc(N)nn23)cn1. The van der Waals surface area contributed by atoms with Crippen molar-refractivity contribution in [2.75, 3.05) is 11.5 Å². The lowest BCUT2D eigenvalue weighted by atomic mass is 10.2. The molecule has 2 N–H and O–H groups in total. The number of nitrogens with zero attached hydrogens (tertiary/aromatic N) is 5. The highest BCUT2D eigenvalue weighted by atomic mass is 32.2. The number of hydrogen-bond acceptors (Lipinski definition) is 6. The molecule has 104 valence electrons. The molecule has 3 heterocycles. The Bertz CT molecular complexity index is 879. The molecule has 3 aromatic rings. The molecule has 0 bridgehead atoms. The van der Waals surface area contributed by atoms with Gasteiger partial charge in [0.25, 0.3) is 10.0 Å². The van der Waals surface area contributed by atoms with Gasteiger partial charge >= 0.3 is 0 Å². The Morgan fingerprint density at radius 2 is 2.15 bits per heavy atom. The molecule has 0 spiro atoms. The Morgan fingerprint density at radius 1 is 1.35 bits per heavy atom. The molecule has 0 saturated heterocycles. The number of pyridine rings is 1. The number of hydrogen-bond donors (Lipinski definition) is 1. The maximum Gasteiger partial charge on any atom is 0.253 e. The average Bonchev–Trinajstić information content (AvgIpc) is 3.03. The third-order valence-electron chi connectivity index (χ3n) is 2.88. The lowest BCUT2D eigenvalue weighted by Gasteiger charge is -2.01. The smallest absolute Gasteiger partial charge is 0.253 e. The largest absolute Gasteiger partial charge is 0.366 e. The van der Waals surface area contributed by atoms with Crippen molar-refractivity contribution in [3.05, 3.63) is 30.6 Å². The first-order chi connectivity index (χ1) is 9.51. The van der Waals surface area contributed by atoms with Gasteiger partial charge < -0.3 is 5.73 Å². The number of nitrogens with two attached hydrogens (primary N) is 1. The lowest BCUT2D eigenvalue weighted by molar-refractivity contribution is 0.581. The van der Waals surface area contributed by atoms with Gasteiger partial charge in [0.1, 0.15) is 0 Å². The third-order valence-corrected chi connectivity index (χ3v) is 4.38. The third kappa shape index (κ3) is 1.92. The molecule has 0 amide bonds. The standard InChI is InChI=1S/C11H12N6O2S/c1-2-20(18,19)16-7-8(6-13-16)9-4-3-5-10-14-11(12)15-17(9)10/h3-7H,2H2,1H3,(H2,12,15). The van der Waals surface area contributed by atoms with E-state index in [-0.39, 0.29) is 11.7 Å². The van der Waals surface area contributed by atoms with E-state index in [9.17, 15) is 8.42 Å². The Hall–Kier alpha value is -2.42. The van der Waals surface area contributed by atoms with E-state index in [1.807, 2.05) is 0 Å². The summed E-state index contributed by atoms with van der Waals surface area (Å²) in [6.45, 7) is 1.57. The predicted octanol–water partition coefficient (Wildman–Crippen LogP) is 0.373. The predicted molar refractivity (Wildman–Crippen MR) is 73.5 cm³/mol. The van der Waals surface area contributed by atoms with Crippen LogP contribution in [0.2, 0.25) is 0 Å². The zero-order valence-electron chi connectivity index (χ0n) is 10.6. The molecule has 0 saturated carbocycles. The number of fused-ring (bicyclic) bond motifs is 1. The highest BCUT2D eigenvalue weighted by molar-refractivity contribution is 7.89. The summed E-state index contributed by atoms with van der Waals surface area (Å²) in [5.74, 6) is 0.139. The van der Waals surface area contributed by atoms with E-state index >= 15 is 0 Å². The van der Waals surface area contributed by atoms with Crippen LogP contribution in [0, 0.1) is 0 Å². The van der Waals surface area contributed by atoms with Gasteiger partial charge in [-0.3, -0.25) is 0 Å². The van der Waals surface area contributed by atoms with E-state index in [4.69, 9.17) is 5.73 Å². The molecule has 0 aliphatic carbocycles. The molecule has 3 aromatic heterocycles. The minimum Gasteiger partial charge on any atom is -0.366 e. The first-order valence-electron chi connectivity index (χ1n) is 5.91. The van der Waals surface area contributed by atoms with Gasteiger partial charge in [0.05, 0.1) is 23.8 Å². The summed E-state index contributed by atoms with van der Waals surface area (Å²) in [6, 6.07) is 5.35. The van der Waals surface area contributed by atoms with E-state index in [1.165, 1.54) is 12.4 Å². The van der Waals surface area contributed by atoms with Crippen LogP contribution >= 0.6 is 0 Å². The van der Waals surface area contributed by atoms with Gasteiger partial charge in [0, 0.05) is 5.56 Å². The summed E-state index contributed by atoms with van der Waals surface area (Å²) in [7, 11) is -3.40. The van der Waals surface area contributed by atoms with Crippen LogP contribution in [0.15, 0.2) is 30.6 Å². The summed E-state index contributed by atoms with van der Waals surface area (Å²) in [6.07, 6.45) is 2.92. The van der Waals surface area contributed by atoms with Crippen LogP contribution in [0.25, 0.3) is 16.9 Å². The average molecular weight is 292 g/mol. The Morgan fingerprint density at radius 3 is 2.90 bits per heavy atom. The Balaban J connectivity index is 2.17. The number of aromatic nitrogens is 5. The van der Waals surface area contributed by atoms with Gasteiger partial charge in [-0.2, -0.15) is 14.2 Å². The van der Waals surface area contributed by atoms with Crippen LogP contribution in [0.3, 0.4) is 0 Å². The second-order valence-electron chi connectivity index (χ2n) is 4.15. The zero-order chi connectivity index (χ0) is 14.3. The summed E-state index contributed by atoms with van der Waals surface area (Å²) >= 11 is 0. The molecule has 0 unspecified atom stereocenters. The fraction of sp³-hybridized carbons (Fsp3) is 0.182. The van der Waals surface area contributed by atoms with E-state index in [1.54, 1.807) is 29.6 Å². The van der Waals surface area contributed by atoms with Crippen LogP contribution < -0.4 is 5.73 Å². The van der Waals surface area contributed by atoms with Gasteiger partial charge in [-0.25, -0.2) is 12.9 Å². The topological polar surface area (TPSA) is 108 Å². The molecular formula is C11H12N6O2S. The molecule has 0 atom stereocenters. The van der Waals surface area contributed by atoms with Crippen molar-refractivity contribution in [2.45, 2.75) is 6.92 Å². The molecule has 9 heteroatoms. The second-order valence-corrected chi connectivity index (χ2v) is 6.27. The zero-order valence-corrected chi connectivity index (χ0v) is 11.4. The Kier molecular flexibility index (Phi) is 2.71. The van der Waals surface area contributed by atoms with Gasteiger partial charge in [0.2, 0.25) is 5.95 Å². The first-order valence-corrected chi connectivity index (χ1v) is 7.52. The first kappa shape index (κ1) is 12.6. The summed E-state index contributed by atoms with van der Waals surface area (Å²) < 4.78 is 26.0. The molecule has 20 heavy (non-hydrogen) atoms. The minimum atomic E-state index is -3.40. The quantitative estimate of drug-likeness (QED) is 0.747. The van der Waals surface area contributed by atoms with Crippen molar-refractivity contribution in [1.29, 1.82) is 0 Å². The number of anilines is 1. The molecule has 0 fully saturated rings. The van der Waals surface area contributed by atoms with Gasteiger partial charge in [-0.1, -0.05) is 6.07 Å². The van der Waals surface area contributed by atoms with Gasteiger partial charge in [0.15, 0.2) is 5.65 Å². The minimum absolute atomic E-state index is 0.0193. The van der Waals surface area contributed by atoms with Crippen molar-refractivity contribution in [3.8, 4) is 11.3 Å². The lowest BCUT2D eigenvalue weighted by Crippen LogP contribution is -2.14. The fourth-order valence-corrected chi connectivity index (χ4v) is 2.59. The number of nitrogen functional groups attached to an aromatic ring is 1. The van der Waals surface area contributed by atoms with Gasteiger partial charge in [-0.15, -0.1) is 5.10 Å². The van der Waals surface area contributed by atoms with E-state index in [2.05, 4.69) is 15.2 Å². The fourth-order valence-electron chi connectivity index (χ4n) is 1.86. The number of rotatable bonds is 3. The molecule has 0 aliphatic heterocycles. The van der Waals surface area contributed by atoms with Crippen LogP contribution in [-0.4, -0.2) is 38.0 Å². The maximum atomic E-state index is 11.8. The maximum absolute atomic E-state index is 11.8. The van der Waals surface area contributed by atoms with Crippen molar-refractivity contribution in [2.24, 2.45) is 0 Å². The van der Waals surface area contributed by atoms with Crippen LogP contribution in [0.5, 0.6) is 0 Å². The summed E-state index contributed by atoms with van der Waals surface area (Å²) in [5.41, 5.74) is 7.46. The highest BCUT2D eigenvalue weighted by Crippen LogP contribution is 2.20. The molecular weight excluding hydrogens is 280 g/mol. The van der Waals surface area contributed by atoms with E-state index in [0.29, 0.717) is 16.9 Å². The van der Waals surface area contributed by atoms with Crippen LogP contribution in [0.1, 0.15) is 6.92 Å². The molecule has 0 aliphatic rings. The Labute approximate surface area is 114 Å². The van der Waals surface area contributed by atoms with Gasteiger partial charge in [-0.05, 0) is 19.1 Å². The van der Waals surface area contributed by atoms with Crippen LogP contribution in [-0.2, 0) is 10.0 Å². The van der Waals surface area contributed by atoms with Crippen LogP contribution in [0.4, 0.5) is 5.95 Å². The highest BCUT2D eigenvalue weighted by Gasteiger charge is 2.14.